The number of hydrogen-bond donors (Lipinski definition) is 1. The summed E-state index contributed by atoms with van der Waals surface area (Å²) in [5.41, 5.74) is 1.68. The van der Waals surface area contributed by atoms with Gasteiger partial charge < -0.3 is 10.1 Å². The van der Waals surface area contributed by atoms with Gasteiger partial charge in [-0.3, -0.25) is 4.90 Å². The van der Waals surface area contributed by atoms with Gasteiger partial charge in [0.15, 0.2) is 0 Å². The lowest BCUT2D eigenvalue weighted by atomic mass is 10.2. The van der Waals surface area contributed by atoms with E-state index in [0.29, 0.717) is 23.0 Å². The minimum Gasteiger partial charge on any atom is -0.465 e. The molecule has 0 unspecified atom stereocenters. The van der Waals surface area contributed by atoms with E-state index in [1.807, 2.05) is 24.3 Å². The van der Waals surface area contributed by atoms with Crippen molar-refractivity contribution in [2.45, 2.75) is 23.5 Å². The Bertz CT molecular complexity index is 794. The number of nitrogens with one attached hydrogen (secondary N) is 1. The number of thioether (sulfide) groups is 1. The van der Waals surface area contributed by atoms with Gasteiger partial charge in [-0.25, -0.2) is 9.59 Å². The van der Waals surface area contributed by atoms with Gasteiger partial charge in [0.05, 0.1) is 24.0 Å². The lowest BCUT2D eigenvalue weighted by Crippen LogP contribution is -2.42. The summed E-state index contributed by atoms with van der Waals surface area (Å²) in [6.07, 6.45) is 0.974. The third kappa shape index (κ3) is 3.64. The zero-order valence-electron chi connectivity index (χ0n) is 14.2. The predicted octanol–water partition coefficient (Wildman–Crippen LogP) is 4.40. The van der Waals surface area contributed by atoms with Crippen LogP contribution in [0.2, 0.25) is 0 Å². The Kier molecular flexibility index (Phi) is 5.28. The minimum absolute atomic E-state index is 0.248. The molecule has 2 amide bonds. The Morgan fingerprint density at radius 3 is 2.68 bits per heavy atom. The van der Waals surface area contributed by atoms with E-state index in [1.165, 1.54) is 7.11 Å². The van der Waals surface area contributed by atoms with Gasteiger partial charge in [-0.1, -0.05) is 31.2 Å². The minimum atomic E-state index is -0.475. The highest BCUT2D eigenvalue weighted by Gasteiger charge is 2.28. The largest absolute Gasteiger partial charge is 0.465 e. The van der Waals surface area contributed by atoms with Crippen molar-refractivity contribution in [3.63, 3.8) is 0 Å². The van der Waals surface area contributed by atoms with Crippen LogP contribution in [0.4, 0.5) is 16.2 Å². The number of ether oxygens (including phenoxy) is 1. The number of rotatable bonds is 3. The number of amides is 2. The number of esters is 1. The Hall–Kier alpha value is -2.47. The fraction of sp³-hybridized carbons (Fsp3) is 0.263. The number of para-hydroxylation sites is 2. The summed E-state index contributed by atoms with van der Waals surface area (Å²) in [7, 11) is 1.32. The topological polar surface area (TPSA) is 58.6 Å². The Morgan fingerprint density at radius 2 is 1.92 bits per heavy atom. The quantitative estimate of drug-likeness (QED) is 0.829. The van der Waals surface area contributed by atoms with E-state index in [1.54, 1.807) is 40.9 Å². The predicted molar refractivity (Wildman–Crippen MR) is 101 cm³/mol. The van der Waals surface area contributed by atoms with Crippen molar-refractivity contribution in [1.29, 1.82) is 0 Å². The van der Waals surface area contributed by atoms with Crippen LogP contribution in [0.5, 0.6) is 0 Å². The molecule has 1 N–H and O–H groups in total. The van der Waals surface area contributed by atoms with Crippen LogP contribution >= 0.6 is 11.8 Å². The van der Waals surface area contributed by atoms with Crippen LogP contribution in [0.3, 0.4) is 0 Å². The number of hydrogen-bond acceptors (Lipinski definition) is 4. The number of nitrogens with zero attached hydrogens (tertiary/aromatic N) is 1. The molecule has 1 aliphatic heterocycles. The van der Waals surface area contributed by atoms with E-state index in [-0.39, 0.29) is 6.03 Å². The third-order valence-electron chi connectivity index (χ3n) is 4.11. The number of benzene rings is 2. The van der Waals surface area contributed by atoms with Crippen LogP contribution in [0.1, 0.15) is 23.7 Å². The first-order valence-electron chi connectivity index (χ1n) is 8.15. The van der Waals surface area contributed by atoms with Crippen molar-refractivity contribution in [2.75, 3.05) is 23.9 Å². The molecule has 2 aromatic carbocycles. The number of carbonyl (C=O) groups excluding carboxylic acids is 2. The van der Waals surface area contributed by atoms with Gasteiger partial charge in [0.2, 0.25) is 0 Å². The first-order chi connectivity index (χ1) is 12.1. The SMILES string of the molecule is CC[C@H]1CN(C(=O)Nc2ccccc2C(=O)OC)c2ccccc2S1. The van der Waals surface area contributed by atoms with E-state index in [9.17, 15) is 9.59 Å². The standard InChI is InChI=1S/C19H20N2O3S/c1-3-13-12-21(16-10-6-7-11-17(16)25-13)19(23)20-15-9-5-4-8-14(15)18(22)24-2/h4-11,13H,3,12H2,1-2H3,(H,20,23)/t13-/m0/s1. The second kappa shape index (κ2) is 7.61. The van der Waals surface area contributed by atoms with Crippen molar-refractivity contribution >= 4 is 35.1 Å². The highest BCUT2D eigenvalue weighted by molar-refractivity contribution is 8.00. The average molecular weight is 356 g/mol. The molecule has 0 radical (unpaired) electrons. The van der Waals surface area contributed by atoms with E-state index in [2.05, 4.69) is 12.2 Å². The van der Waals surface area contributed by atoms with Gasteiger partial charge in [-0.05, 0) is 30.7 Å². The molecule has 3 rings (SSSR count). The first kappa shape index (κ1) is 17.4. The molecule has 0 aromatic heterocycles. The second-order valence-corrected chi connectivity index (χ2v) is 7.04. The van der Waals surface area contributed by atoms with E-state index in [0.717, 1.165) is 17.0 Å². The number of urea groups is 1. The van der Waals surface area contributed by atoms with Crippen molar-refractivity contribution in [1.82, 2.24) is 0 Å². The third-order valence-corrected chi connectivity index (χ3v) is 5.53. The van der Waals surface area contributed by atoms with Crippen molar-refractivity contribution < 1.29 is 14.3 Å². The highest BCUT2D eigenvalue weighted by atomic mass is 32.2. The summed E-state index contributed by atoms with van der Waals surface area (Å²) in [5, 5.41) is 3.20. The van der Waals surface area contributed by atoms with Crippen LogP contribution in [-0.2, 0) is 4.74 Å². The molecule has 6 heteroatoms. The number of methoxy groups -OCH3 is 1. The molecule has 25 heavy (non-hydrogen) atoms. The molecule has 1 heterocycles. The van der Waals surface area contributed by atoms with Crippen LogP contribution in [0.15, 0.2) is 53.4 Å². The normalized spacial score (nSPS) is 16.1. The average Bonchev–Trinajstić information content (AvgIpc) is 2.66. The second-order valence-electron chi connectivity index (χ2n) is 5.69. The van der Waals surface area contributed by atoms with E-state index < -0.39 is 5.97 Å². The molecule has 0 aliphatic carbocycles. The highest BCUT2D eigenvalue weighted by Crippen LogP contribution is 2.39. The molecule has 1 atom stereocenters. The van der Waals surface area contributed by atoms with Gasteiger partial charge in [0.25, 0.3) is 0 Å². The molecule has 0 bridgehead atoms. The monoisotopic (exact) mass is 356 g/mol. The lowest BCUT2D eigenvalue weighted by Gasteiger charge is -2.33. The fourth-order valence-electron chi connectivity index (χ4n) is 2.77. The molecule has 0 saturated heterocycles. The fourth-order valence-corrected chi connectivity index (χ4v) is 3.97. The van der Waals surface area contributed by atoms with E-state index >= 15 is 0 Å². The molecule has 130 valence electrons. The summed E-state index contributed by atoms with van der Waals surface area (Å²) in [6, 6.07) is 14.5. The zero-order chi connectivity index (χ0) is 17.8. The summed E-state index contributed by atoms with van der Waals surface area (Å²) in [4.78, 5) is 27.6. The first-order valence-corrected chi connectivity index (χ1v) is 9.03. The molecule has 5 nitrogen and oxygen atoms in total. The Morgan fingerprint density at radius 1 is 1.20 bits per heavy atom. The smallest absolute Gasteiger partial charge is 0.339 e. The lowest BCUT2D eigenvalue weighted by molar-refractivity contribution is 0.0602. The molecule has 0 saturated carbocycles. The molecular weight excluding hydrogens is 336 g/mol. The van der Waals surface area contributed by atoms with Crippen LogP contribution < -0.4 is 10.2 Å². The maximum absolute atomic E-state index is 12.9. The van der Waals surface area contributed by atoms with Crippen LogP contribution in [-0.4, -0.2) is 30.9 Å². The Balaban J connectivity index is 1.88. The zero-order valence-corrected chi connectivity index (χ0v) is 15.0. The van der Waals surface area contributed by atoms with Gasteiger partial charge in [-0.15, -0.1) is 11.8 Å². The van der Waals surface area contributed by atoms with E-state index in [4.69, 9.17) is 4.74 Å². The van der Waals surface area contributed by atoms with Crippen molar-refractivity contribution in [2.24, 2.45) is 0 Å². The number of carbonyl (C=O) groups is 2. The van der Waals surface area contributed by atoms with Crippen LogP contribution in [0.25, 0.3) is 0 Å². The van der Waals surface area contributed by atoms with Gasteiger partial charge >= 0.3 is 12.0 Å². The number of fused-ring (bicyclic) bond motifs is 1. The summed E-state index contributed by atoms with van der Waals surface area (Å²) in [6.45, 7) is 2.75. The molecule has 2 aromatic rings. The van der Waals surface area contributed by atoms with Crippen molar-refractivity contribution in [3.8, 4) is 0 Å². The van der Waals surface area contributed by atoms with Gasteiger partial charge in [-0.2, -0.15) is 0 Å². The molecular formula is C19H20N2O3S. The number of anilines is 2. The summed E-state index contributed by atoms with van der Waals surface area (Å²) >= 11 is 1.80. The summed E-state index contributed by atoms with van der Waals surface area (Å²) < 4.78 is 4.79. The molecule has 0 spiro atoms. The van der Waals surface area contributed by atoms with Gasteiger partial charge in [0, 0.05) is 16.7 Å². The maximum atomic E-state index is 12.9. The van der Waals surface area contributed by atoms with Crippen molar-refractivity contribution in [3.05, 3.63) is 54.1 Å². The van der Waals surface area contributed by atoms with Gasteiger partial charge in [0.1, 0.15) is 0 Å². The summed E-state index contributed by atoms with van der Waals surface area (Å²) in [5.74, 6) is -0.475. The molecule has 0 fully saturated rings. The van der Waals surface area contributed by atoms with Crippen LogP contribution in [0, 0.1) is 0 Å². The maximum Gasteiger partial charge on any atom is 0.339 e. The Labute approximate surface area is 151 Å². The molecule has 1 aliphatic rings.